The summed E-state index contributed by atoms with van der Waals surface area (Å²) in [6.07, 6.45) is 0. The number of likely N-dealkylation sites (N-methyl/N-ethyl adjacent to an activating group) is 1. The number of hydrogen-bond donors (Lipinski definition) is 2. The van der Waals surface area contributed by atoms with E-state index in [4.69, 9.17) is 5.11 Å². The van der Waals surface area contributed by atoms with Gasteiger partial charge in [-0.1, -0.05) is 0 Å². The van der Waals surface area contributed by atoms with Crippen molar-refractivity contribution < 1.29 is 22.4 Å². The van der Waals surface area contributed by atoms with E-state index in [2.05, 4.69) is 5.32 Å². The fraction of sp³-hybridized carbons (Fsp3) is 1.00. The average molecular weight is 162 g/mol. The van der Waals surface area contributed by atoms with Gasteiger partial charge < -0.3 is 27.7 Å². The third-order valence-corrected chi connectivity index (χ3v) is 0.362. The van der Waals surface area contributed by atoms with E-state index in [0.29, 0.717) is 6.54 Å². The van der Waals surface area contributed by atoms with Crippen LogP contribution in [-0.4, -0.2) is 32.6 Å². The minimum atomic E-state index is -6.00. The Morgan fingerprint density at radius 3 is 1.60 bits per heavy atom. The van der Waals surface area contributed by atoms with Crippen LogP contribution in [0.4, 0.5) is 17.3 Å². The smallest absolute Gasteiger partial charge is 0.418 e. The zero-order valence-electron chi connectivity index (χ0n) is 5.45. The molecule has 2 nitrogen and oxygen atoms in total. The summed E-state index contributed by atoms with van der Waals surface area (Å²) in [7, 11) is -4.20. The van der Waals surface area contributed by atoms with Crippen LogP contribution in [-0.2, 0) is 0 Å². The zero-order valence-corrected chi connectivity index (χ0v) is 5.45. The first-order chi connectivity index (χ1) is 4.41. The van der Waals surface area contributed by atoms with Crippen molar-refractivity contribution in [3.8, 4) is 0 Å². The van der Waals surface area contributed by atoms with Gasteiger partial charge in [-0.05, 0) is 7.05 Å². The quantitative estimate of drug-likeness (QED) is 0.457. The molecule has 0 fully saturated rings. The Labute approximate surface area is 56.3 Å². The van der Waals surface area contributed by atoms with Crippen LogP contribution in [0.2, 0.25) is 0 Å². The molecule has 0 rings (SSSR count). The minimum absolute atomic E-state index is 0.233. The lowest BCUT2D eigenvalue weighted by molar-refractivity contribution is 0.296. The van der Waals surface area contributed by atoms with Gasteiger partial charge in [0.05, 0.1) is 6.61 Å². The van der Waals surface area contributed by atoms with Crippen molar-refractivity contribution in [1.29, 1.82) is 0 Å². The van der Waals surface area contributed by atoms with Crippen LogP contribution < -0.4 is 5.32 Å². The third-order valence-electron chi connectivity index (χ3n) is 0.362. The summed E-state index contributed by atoms with van der Waals surface area (Å²) in [5.74, 6) is 0. The Hall–Kier alpha value is -0.295. The molecule has 0 heterocycles. The highest BCUT2D eigenvalue weighted by Gasteiger charge is 2.20. The number of aliphatic hydroxyl groups is 1. The Bertz CT molecular complexity index is 60.0. The van der Waals surface area contributed by atoms with Crippen LogP contribution in [0.1, 0.15) is 0 Å². The number of aliphatic hydroxyl groups excluding tert-OH is 1. The topological polar surface area (TPSA) is 32.3 Å². The van der Waals surface area contributed by atoms with Crippen molar-refractivity contribution >= 4 is 7.25 Å². The number of rotatable bonds is 2. The molecule has 0 amide bonds. The van der Waals surface area contributed by atoms with Crippen LogP contribution in [0.5, 0.6) is 0 Å². The molecule has 2 N–H and O–H groups in total. The van der Waals surface area contributed by atoms with E-state index in [1.807, 2.05) is 0 Å². The van der Waals surface area contributed by atoms with E-state index >= 15 is 0 Å². The van der Waals surface area contributed by atoms with Crippen molar-refractivity contribution in [3.63, 3.8) is 0 Å². The summed E-state index contributed by atoms with van der Waals surface area (Å²) < 4.78 is 39.0. The van der Waals surface area contributed by atoms with E-state index in [0.717, 1.165) is 0 Å². The van der Waals surface area contributed by atoms with E-state index in [1.54, 1.807) is 7.05 Å². The van der Waals surface area contributed by atoms with Crippen molar-refractivity contribution in [2.45, 2.75) is 0 Å². The Kier molecular flexibility index (Phi) is 8.45. The predicted octanol–water partition coefficient (Wildman–Crippen LogP) is 0.498. The highest BCUT2D eigenvalue weighted by Crippen LogP contribution is 2.06. The summed E-state index contributed by atoms with van der Waals surface area (Å²) in [6.45, 7) is 0.927. The van der Waals surface area contributed by atoms with Gasteiger partial charge in [0.25, 0.3) is 0 Å². The molecule has 0 aromatic heterocycles. The zero-order chi connectivity index (χ0) is 8.62. The third kappa shape index (κ3) is 119. The molecular weight excluding hydrogens is 153 g/mol. The molecule has 0 aliphatic heterocycles. The van der Waals surface area contributed by atoms with Crippen LogP contribution in [0.25, 0.3) is 0 Å². The lowest BCUT2D eigenvalue weighted by Crippen LogP contribution is -2.10. The highest BCUT2D eigenvalue weighted by molar-refractivity contribution is 6.50. The lowest BCUT2D eigenvalue weighted by atomic mass is 10.3. The summed E-state index contributed by atoms with van der Waals surface area (Å²) >= 11 is 0. The molecular formula is C3H9BF4NO-. The summed E-state index contributed by atoms with van der Waals surface area (Å²) in [5, 5.41) is 10.8. The van der Waals surface area contributed by atoms with Crippen molar-refractivity contribution in [3.05, 3.63) is 0 Å². The van der Waals surface area contributed by atoms with Gasteiger partial charge in [-0.3, -0.25) is 0 Å². The maximum Gasteiger partial charge on any atom is 0.673 e. The van der Waals surface area contributed by atoms with Gasteiger partial charge in [0.1, 0.15) is 0 Å². The summed E-state index contributed by atoms with van der Waals surface area (Å²) in [4.78, 5) is 0. The van der Waals surface area contributed by atoms with Gasteiger partial charge in [-0.25, -0.2) is 0 Å². The Balaban J connectivity index is 0. The first kappa shape index (κ1) is 12.4. The van der Waals surface area contributed by atoms with Gasteiger partial charge >= 0.3 is 7.25 Å². The fourth-order valence-electron chi connectivity index (χ4n) is 0.112. The molecule has 10 heavy (non-hydrogen) atoms. The molecule has 0 aliphatic rings. The van der Waals surface area contributed by atoms with Crippen molar-refractivity contribution in [2.24, 2.45) is 0 Å². The largest absolute Gasteiger partial charge is 0.673 e. The van der Waals surface area contributed by atoms with Crippen LogP contribution in [0, 0.1) is 0 Å². The average Bonchev–Trinajstić information content (AvgIpc) is 1.63. The minimum Gasteiger partial charge on any atom is -0.418 e. The first-order valence-corrected chi connectivity index (χ1v) is 2.54. The van der Waals surface area contributed by atoms with Gasteiger partial charge in [-0.15, -0.1) is 0 Å². The van der Waals surface area contributed by atoms with Crippen LogP contribution in [0.15, 0.2) is 0 Å². The molecule has 64 valence electrons. The summed E-state index contributed by atoms with van der Waals surface area (Å²) in [6, 6.07) is 0. The monoisotopic (exact) mass is 162 g/mol. The molecule has 0 atom stereocenters. The molecule has 0 unspecified atom stereocenters. The van der Waals surface area contributed by atoms with Crippen LogP contribution in [0.3, 0.4) is 0 Å². The molecule has 7 heteroatoms. The molecule has 0 aromatic rings. The van der Waals surface area contributed by atoms with Crippen molar-refractivity contribution in [1.82, 2.24) is 5.32 Å². The Morgan fingerprint density at radius 1 is 1.30 bits per heavy atom. The van der Waals surface area contributed by atoms with E-state index < -0.39 is 7.25 Å². The molecule has 0 aliphatic carbocycles. The second kappa shape index (κ2) is 6.82. The van der Waals surface area contributed by atoms with E-state index in [9.17, 15) is 17.3 Å². The van der Waals surface area contributed by atoms with Gasteiger partial charge in [-0.2, -0.15) is 0 Å². The van der Waals surface area contributed by atoms with Crippen LogP contribution >= 0.6 is 0 Å². The molecule has 0 spiro atoms. The number of halogens is 4. The molecule has 0 bridgehead atoms. The maximum atomic E-state index is 9.75. The lowest BCUT2D eigenvalue weighted by Gasteiger charge is -1.94. The second-order valence-electron chi connectivity index (χ2n) is 1.32. The first-order valence-electron chi connectivity index (χ1n) is 2.54. The van der Waals surface area contributed by atoms with Gasteiger partial charge in [0, 0.05) is 6.54 Å². The van der Waals surface area contributed by atoms with Gasteiger partial charge in [0.15, 0.2) is 0 Å². The highest BCUT2D eigenvalue weighted by atomic mass is 19.5. The van der Waals surface area contributed by atoms with Crippen molar-refractivity contribution in [2.75, 3.05) is 20.2 Å². The fourth-order valence-corrected chi connectivity index (χ4v) is 0.112. The maximum absolute atomic E-state index is 9.75. The molecule has 0 aromatic carbocycles. The molecule has 0 saturated carbocycles. The van der Waals surface area contributed by atoms with Gasteiger partial charge in [0.2, 0.25) is 0 Å². The summed E-state index contributed by atoms with van der Waals surface area (Å²) in [5.41, 5.74) is 0. The Morgan fingerprint density at radius 2 is 1.60 bits per heavy atom. The van der Waals surface area contributed by atoms with E-state index in [1.165, 1.54) is 0 Å². The molecule has 0 radical (unpaired) electrons. The number of nitrogens with one attached hydrogen (secondary N) is 1. The molecule has 0 saturated heterocycles. The second-order valence-corrected chi connectivity index (χ2v) is 1.32. The number of hydrogen-bond acceptors (Lipinski definition) is 2. The standard InChI is InChI=1S/C3H9NO.BF4/c1-4-2-3-5;2-1(3,4)5/h4-5H,2-3H2,1H3;/q;-1. The predicted molar refractivity (Wildman–Crippen MR) is 31.2 cm³/mol. The van der Waals surface area contributed by atoms with E-state index in [-0.39, 0.29) is 6.61 Å². The SMILES string of the molecule is CNCCO.F[B-](F)(F)F. The normalized spacial score (nSPS) is 10.2.